The van der Waals surface area contributed by atoms with Crippen LogP contribution in [0.5, 0.6) is 11.5 Å². The van der Waals surface area contributed by atoms with Crippen molar-refractivity contribution in [3.8, 4) is 33.9 Å². The quantitative estimate of drug-likeness (QED) is 0.456. The number of methoxy groups -OCH3 is 2. The van der Waals surface area contributed by atoms with Gasteiger partial charge in [0.05, 0.1) is 26.5 Å². The molecule has 0 spiro atoms. The van der Waals surface area contributed by atoms with Gasteiger partial charge in [0.2, 0.25) is 0 Å². The van der Waals surface area contributed by atoms with E-state index in [1.165, 1.54) is 11.7 Å². The zero-order valence-corrected chi connectivity index (χ0v) is 19.2. The average molecular weight is 456 g/mol. The summed E-state index contributed by atoms with van der Waals surface area (Å²) in [6.07, 6.45) is 0. The molecule has 0 unspecified atom stereocenters. The van der Waals surface area contributed by atoms with E-state index < -0.39 is 11.5 Å². The lowest BCUT2D eigenvalue weighted by molar-refractivity contribution is 0.0961. The van der Waals surface area contributed by atoms with Gasteiger partial charge in [-0.1, -0.05) is 42.5 Å². The van der Waals surface area contributed by atoms with E-state index in [1.807, 2.05) is 66.7 Å². The van der Waals surface area contributed by atoms with E-state index in [9.17, 15) is 9.59 Å². The van der Waals surface area contributed by atoms with Crippen LogP contribution in [0.25, 0.3) is 22.4 Å². The number of hydrogen-bond donors (Lipinski definition) is 1. The van der Waals surface area contributed by atoms with E-state index in [-0.39, 0.29) is 12.1 Å². The van der Waals surface area contributed by atoms with E-state index in [1.54, 1.807) is 26.4 Å². The molecule has 1 amide bonds. The summed E-state index contributed by atoms with van der Waals surface area (Å²) < 4.78 is 11.9. The van der Waals surface area contributed by atoms with Crippen LogP contribution in [-0.4, -0.2) is 37.0 Å². The number of carbonyl (C=O) groups is 1. The van der Waals surface area contributed by atoms with Crippen molar-refractivity contribution >= 4 is 5.91 Å². The highest BCUT2D eigenvalue weighted by atomic mass is 16.5. The first-order chi connectivity index (χ1) is 16.5. The predicted molar refractivity (Wildman–Crippen MR) is 131 cm³/mol. The summed E-state index contributed by atoms with van der Waals surface area (Å²) in [5.41, 5.74) is 2.87. The summed E-state index contributed by atoms with van der Waals surface area (Å²) in [5, 5.41) is 7.36. The zero-order chi connectivity index (χ0) is 24.1. The van der Waals surface area contributed by atoms with Crippen LogP contribution in [-0.2, 0) is 6.54 Å². The number of aromatic nitrogens is 2. The fraction of sp³-hybridized carbons (Fsp3) is 0.148. The lowest BCUT2D eigenvalue weighted by Gasteiger charge is -2.17. The third-order valence-electron chi connectivity index (χ3n) is 5.53. The number of hydrogen-bond acceptors (Lipinski definition) is 5. The van der Waals surface area contributed by atoms with Crippen molar-refractivity contribution in [2.45, 2.75) is 6.54 Å². The summed E-state index contributed by atoms with van der Waals surface area (Å²) in [6, 6.07) is 24.1. The van der Waals surface area contributed by atoms with E-state index >= 15 is 0 Å². The van der Waals surface area contributed by atoms with Gasteiger partial charge in [-0.2, -0.15) is 5.10 Å². The van der Waals surface area contributed by atoms with Gasteiger partial charge in [0.1, 0.15) is 17.1 Å². The van der Waals surface area contributed by atoms with Gasteiger partial charge in [-0.25, -0.2) is 4.68 Å². The summed E-state index contributed by atoms with van der Waals surface area (Å²) in [5.74, 6) is 0.885. The smallest absolute Gasteiger partial charge is 0.280 e. The molecule has 0 saturated carbocycles. The zero-order valence-electron chi connectivity index (χ0n) is 19.2. The second-order valence-electron chi connectivity index (χ2n) is 7.58. The van der Waals surface area contributed by atoms with Gasteiger partial charge in [0.15, 0.2) is 0 Å². The maximum atomic E-state index is 13.6. The van der Waals surface area contributed by atoms with E-state index in [0.717, 1.165) is 11.1 Å². The molecule has 7 nitrogen and oxygen atoms in total. The Labute approximate surface area is 197 Å². The predicted octanol–water partition coefficient (Wildman–Crippen LogP) is 4.00. The molecular formula is C27H25N3O4. The van der Waals surface area contributed by atoms with Gasteiger partial charge in [-0.05, 0) is 47.5 Å². The van der Waals surface area contributed by atoms with Gasteiger partial charge in [0.25, 0.3) is 11.5 Å². The molecule has 0 atom stereocenters. The largest absolute Gasteiger partial charge is 0.497 e. The van der Waals surface area contributed by atoms with Crippen LogP contribution in [0.3, 0.4) is 0 Å². The number of carbonyl (C=O) groups excluding carboxylic acids is 1. The average Bonchev–Trinajstić information content (AvgIpc) is 2.90. The van der Waals surface area contributed by atoms with Crippen LogP contribution >= 0.6 is 0 Å². The van der Waals surface area contributed by atoms with Gasteiger partial charge < -0.3 is 14.8 Å². The Morgan fingerprint density at radius 3 is 1.94 bits per heavy atom. The maximum Gasteiger partial charge on any atom is 0.280 e. The summed E-state index contributed by atoms with van der Waals surface area (Å²) >= 11 is 0. The first-order valence-corrected chi connectivity index (χ1v) is 10.8. The van der Waals surface area contributed by atoms with Crippen LogP contribution in [0.15, 0.2) is 83.7 Å². The molecule has 0 aliphatic heterocycles. The van der Waals surface area contributed by atoms with Crippen LogP contribution in [0.4, 0.5) is 0 Å². The fourth-order valence-corrected chi connectivity index (χ4v) is 3.76. The summed E-state index contributed by atoms with van der Waals surface area (Å²) in [7, 11) is 4.69. The SMILES string of the molecule is CNC(=O)c1c(-c2ccc(OC)cc2)c(-c2ccc(OC)cc2)nn(Cc2ccccc2)c1=O. The lowest BCUT2D eigenvalue weighted by atomic mass is 9.95. The molecule has 0 aliphatic carbocycles. The summed E-state index contributed by atoms with van der Waals surface area (Å²) in [4.78, 5) is 26.6. The lowest BCUT2D eigenvalue weighted by Crippen LogP contribution is -2.34. The van der Waals surface area contributed by atoms with E-state index in [4.69, 9.17) is 14.6 Å². The molecule has 172 valence electrons. The van der Waals surface area contributed by atoms with E-state index in [0.29, 0.717) is 28.3 Å². The Bertz CT molecular complexity index is 1350. The molecule has 3 aromatic carbocycles. The highest BCUT2D eigenvalue weighted by Gasteiger charge is 2.25. The Morgan fingerprint density at radius 1 is 0.853 bits per heavy atom. The van der Waals surface area contributed by atoms with Crippen LogP contribution < -0.4 is 20.3 Å². The Hall–Kier alpha value is -4.39. The Kier molecular flexibility index (Phi) is 6.73. The number of nitrogens with zero attached hydrogens (tertiary/aromatic N) is 2. The van der Waals surface area contributed by atoms with Crippen molar-refractivity contribution in [2.24, 2.45) is 0 Å². The number of amides is 1. The monoisotopic (exact) mass is 455 g/mol. The molecule has 0 bridgehead atoms. The molecule has 4 aromatic rings. The number of rotatable bonds is 7. The van der Waals surface area contributed by atoms with Gasteiger partial charge in [-0.15, -0.1) is 0 Å². The standard InChI is InChI=1S/C27H25N3O4/c1-28-26(31)24-23(19-9-13-21(33-2)14-10-19)25(20-11-15-22(34-3)16-12-20)29-30(27(24)32)17-18-7-5-4-6-8-18/h4-16H,17H2,1-3H3,(H,28,31). The third kappa shape index (κ3) is 4.54. The van der Waals surface area contributed by atoms with Crippen molar-refractivity contribution in [3.05, 3.63) is 100 Å². The third-order valence-corrected chi connectivity index (χ3v) is 5.53. The first-order valence-electron chi connectivity index (χ1n) is 10.8. The second kappa shape index (κ2) is 10.0. The molecule has 0 fully saturated rings. The van der Waals surface area contributed by atoms with Crippen molar-refractivity contribution in [2.75, 3.05) is 21.3 Å². The maximum absolute atomic E-state index is 13.6. The number of ether oxygens (including phenoxy) is 2. The Balaban J connectivity index is 2.02. The van der Waals surface area contributed by atoms with Crippen LogP contribution in [0, 0.1) is 0 Å². The molecule has 1 aromatic heterocycles. The topological polar surface area (TPSA) is 82.4 Å². The van der Waals surface area contributed by atoms with Gasteiger partial charge in [-0.3, -0.25) is 9.59 Å². The molecule has 4 rings (SSSR count). The second-order valence-corrected chi connectivity index (χ2v) is 7.58. The van der Waals surface area contributed by atoms with Crippen molar-refractivity contribution in [1.29, 1.82) is 0 Å². The molecule has 34 heavy (non-hydrogen) atoms. The van der Waals surface area contributed by atoms with E-state index in [2.05, 4.69) is 5.32 Å². The molecule has 0 radical (unpaired) electrons. The fourth-order valence-electron chi connectivity index (χ4n) is 3.76. The minimum Gasteiger partial charge on any atom is -0.497 e. The normalized spacial score (nSPS) is 10.6. The molecule has 0 saturated heterocycles. The van der Waals surface area contributed by atoms with Gasteiger partial charge in [0, 0.05) is 18.2 Å². The van der Waals surface area contributed by atoms with Crippen molar-refractivity contribution in [1.82, 2.24) is 15.1 Å². The van der Waals surface area contributed by atoms with Gasteiger partial charge >= 0.3 is 0 Å². The molecule has 0 aliphatic rings. The Morgan fingerprint density at radius 2 is 1.41 bits per heavy atom. The van der Waals surface area contributed by atoms with Crippen LogP contribution in [0.2, 0.25) is 0 Å². The minimum atomic E-state index is -0.477. The van der Waals surface area contributed by atoms with Crippen LogP contribution in [0.1, 0.15) is 15.9 Å². The van der Waals surface area contributed by atoms with Crippen molar-refractivity contribution < 1.29 is 14.3 Å². The molecule has 1 heterocycles. The molecule has 1 N–H and O–H groups in total. The highest BCUT2D eigenvalue weighted by Crippen LogP contribution is 2.34. The number of benzene rings is 3. The molecular weight excluding hydrogens is 430 g/mol. The van der Waals surface area contributed by atoms with Crippen molar-refractivity contribution in [3.63, 3.8) is 0 Å². The first kappa shape index (κ1) is 22.8. The minimum absolute atomic E-state index is 0.0319. The number of nitrogens with one attached hydrogen (secondary N) is 1. The summed E-state index contributed by atoms with van der Waals surface area (Å²) in [6.45, 7) is 0.232. The molecule has 7 heteroatoms. The highest BCUT2D eigenvalue weighted by molar-refractivity contribution is 6.03.